The maximum absolute atomic E-state index is 12.8. The van der Waals surface area contributed by atoms with Gasteiger partial charge in [0.15, 0.2) is 0 Å². The summed E-state index contributed by atoms with van der Waals surface area (Å²) in [6.45, 7) is 1.95. The summed E-state index contributed by atoms with van der Waals surface area (Å²) in [4.78, 5) is 14.8. The second kappa shape index (κ2) is 4.80. The molecule has 0 unspecified atom stereocenters. The molecule has 2 atom stereocenters. The van der Waals surface area contributed by atoms with Gasteiger partial charge in [-0.3, -0.25) is 9.48 Å². The molecule has 2 aliphatic carbocycles. The Kier molecular flexibility index (Phi) is 3.10. The summed E-state index contributed by atoms with van der Waals surface area (Å²) >= 11 is 0. The third kappa shape index (κ3) is 2.01. The molecule has 4 rings (SSSR count). The number of likely N-dealkylation sites (tertiary alicyclic amines) is 1. The van der Waals surface area contributed by atoms with Gasteiger partial charge in [-0.25, -0.2) is 0 Å². The number of aromatic nitrogens is 2. The van der Waals surface area contributed by atoms with E-state index < -0.39 is 12.2 Å². The van der Waals surface area contributed by atoms with Crippen molar-refractivity contribution in [2.24, 2.45) is 10.8 Å². The average Bonchev–Trinajstić information content (AvgIpc) is 3.13. The molecule has 1 amide bonds. The minimum Gasteiger partial charge on any atom is -0.392 e. The van der Waals surface area contributed by atoms with Crippen LogP contribution in [0.2, 0.25) is 0 Å². The Morgan fingerprint density at radius 2 is 1.86 bits per heavy atom. The number of hydrogen-bond donors (Lipinski definition) is 2. The molecule has 0 radical (unpaired) electrons. The van der Waals surface area contributed by atoms with Crippen molar-refractivity contribution < 1.29 is 15.0 Å². The van der Waals surface area contributed by atoms with Crippen LogP contribution >= 0.6 is 0 Å². The van der Waals surface area contributed by atoms with Gasteiger partial charge >= 0.3 is 0 Å². The fourth-order valence-corrected chi connectivity index (χ4v) is 4.17. The molecule has 2 heterocycles. The lowest BCUT2D eigenvalue weighted by molar-refractivity contribution is -0.192. The van der Waals surface area contributed by atoms with Crippen molar-refractivity contribution in [2.45, 2.75) is 50.9 Å². The van der Waals surface area contributed by atoms with Crippen LogP contribution < -0.4 is 0 Å². The number of aliphatic hydroxyl groups is 2. The molecule has 0 aromatic carbocycles. The van der Waals surface area contributed by atoms with Crippen LogP contribution in [0, 0.1) is 10.8 Å². The van der Waals surface area contributed by atoms with Crippen LogP contribution in [-0.2, 0) is 11.3 Å². The Morgan fingerprint density at radius 1 is 1.18 bits per heavy atom. The van der Waals surface area contributed by atoms with E-state index in [1.807, 2.05) is 21.8 Å². The lowest BCUT2D eigenvalue weighted by atomic mass is 9.58. The van der Waals surface area contributed by atoms with Crippen molar-refractivity contribution in [3.05, 3.63) is 18.5 Å². The zero-order chi connectivity index (χ0) is 15.4. The van der Waals surface area contributed by atoms with Gasteiger partial charge in [-0.2, -0.15) is 5.10 Å². The zero-order valence-electron chi connectivity index (χ0n) is 12.7. The Labute approximate surface area is 129 Å². The molecule has 1 spiro atoms. The highest BCUT2D eigenvalue weighted by atomic mass is 16.3. The number of carbonyl (C=O) groups excluding carboxylic acids is 1. The van der Waals surface area contributed by atoms with Gasteiger partial charge in [0.05, 0.1) is 24.2 Å². The first-order chi connectivity index (χ1) is 10.6. The lowest BCUT2D eigenvalue weighted by Gasteiger charge is -2.55. The van der Waals surface area contributed by atoms with E-state index in [1.54, 1.807) is 6.20 Å². The number of aliphatic hydroxyl groups excluding tert-OH is 2. The van der Waals surface area contributed by atoms with Crippen LogP contribution in [0.15, 0.2) is 18.5 Å². The molecule has 1 aromatic heterocycles. The topological polar surface area (TPSA) is 78.6 Å². The molecule has 120 valence electrons. The van der Waals surface area contributed by atoms with Gasteiger partial charge in [0.2, 0.25) is 5.91 Å². The second-order valence-corrected chi connectivity index (χ2v) is 7.28. The summed E-state index contributed by atoms with van der Waals surface area (Å²) in [5, 5.41) is 24.2. The molecular weight excluding hydrogens is 282 g/mol. The van der Waals surface area contributed by atoms with Crippen molar-refractivity contribution in [1.82, 2.24) is 14.7 Å². The molecule has 3 fully saturated rings. The third-order valence-electron chi connectivity index (χ3n) is 6.09. The summed E-state index contributed by atoms with van der Waals surface area (Å²) in [5.74, 6) is 0.223. The minimum absolute atomic E-state index is 0.223. The first-order valence-electron chi connectivity index (χ1n) is 8.19. The first-order valence-corrected chi connectivity index (χ1v) is 8.19. The van der Waals surface area contributed by atoms with Crippen LogP contribution in [0.4, 0.5) is 0 Å². The van der Waals surface area contributed by atoms with Gasteiger partial charge in [0, 0.05) is 37.3 Å². The molecule has 1 saturated heterocycles. The summed E-state index contributed by atoms with van der Waals surface area (Å²) in [6, 6.07) is 1.88. The Balaban J connectivity index is 1.40. The van der Waals surface area contributed by atoms with Gasteiger partial charge in [-0.15, -0.1) is 0 Å². The summed E-state index contributed by atoms with van der Waals surface area (Å²) in [6.07, 6.45) is 6.59. The Bertz CT molecular complexity index is 549. The normalized spacial score (nSPS) is 31.8. The van der Waals surface area contributed by atoms with Crippen LogP contribution in [-0.4, -0.2) is 56.1 Å². The van der Waals surface area contributed by atoms with Gasteiger partial charge in [0.1, 0.15) is 0 Å². The van der Waals surface area contributed by atoms with Crippen molar-refractivity contribution in [3.8, 4) is 0 Å². The van der Waals surface area contributed by atoms with E-state index in [9.17, 15) is 15.0 Å². The predicted molar refractivity (Wildman–Crippen MR) is 78.8 cm³/mol. The standard InChI is InChI=1S/C16H23N3O3/c20-12-10-13(21)16(12)4-8-18(9-5-16)14(22)15(2-3-15)11-19-7-1-6-17-19/h1,6-7,12-13,20-21H,2-5,8-11H2/t12-,13+. The van der Waals surface area contributed by atoms with E-state index in [2.05, 4.69) is 5.10 Å². The van der Waals surface area contributed by atoms with E-state index in [0.717, 1.165) is 12.8 Å². The summed E-state index contributed by atoms with van der Waals surface area (Å²) < 4.78 is 1.84. The number of hydrogen-bond acceptors (Lipinski definition) is 4. The van der Waals surface area contributed by atoms with E-state index in [1.165, 1.54) is 0 Å². The van der Waals surface area contributed by atoms with Crippen LogP contribution in [0.3, 0.4) is 0 Å². The molecule has 1 aliphatic heterocycles. The van der Waals surface area contributed by atoms with Crippen LogP contribution in [0.5, 0.6) is 0 Å². The smallest absolute Gasteiger partial charge is 0.230 e. The molecular formula is C16H23N3O3. The number of nitrogens with zero attached hydrogens (tertiary/aromatic N) is 3. The monoisotopic (exact) mass is 305 g/mol. The molecule has 0 bridgehead atoms. The van der Waals surface area contributed by atoms with Crippen molar-refractivity contribution in [1.29, 1.82) is 0 Å². The predicted octanol–water partition coefficient (Wildman–Crippen LogP) is 0.398. The maximum Gasteiger partial charge on any atom is 0.230 e. The van der Waals surface area contributed by atoms with Gasteiger partial charge < -0.3 is 15.1 Å². The zero-order valence-corrected chi connectivity index (χ0v) is 12.7. The minimum atomic E-state index is -0.404. The molecule has 2 N–H and O–H groups in total. The SMILES string of the molecule is O=C(N1CCC2(CC1)[C@H](O)C[C@@H]2O)C1(Cn2cccn2)CC1. The lowest BCUT2D eigenvalue weighted by Crippen LogP contribution is -2.62. The molecule has 3 aliphatic rings. The van der Waals surface area contributed by atoms with Gasteiger partial charge in [-0.05, 0) is 31.7 Å². The van der Waals surface area contributed by atoms with E-state index >= 15 is 0 Å². The fourth-order valence-electron chi connectivity index (χ4n) is 4.17. The highest BCUT2D eigenvalue weighted by molar-refractivity contribution is 5.85. The number of carbonyl (C=O) groups is 1. The van der Waals surface area contributed by atoms with E-state index in [4.69, 9.17) is 0 Å². The molecule has 1 aromatic rings. The number of amides is 1. The largest absolute Gasteiger partial charge is 0.392 e. The Morgan fingerprint density at radius 3 is 2.36 bits per heavy atom. The number of rotatable bonds is 3. The first kappa shape index (κ1) is 14.2. The summed E-state index contributed by atoms with van der Waals surface area (Å²) in [7, 11) is 0. The van der Waals surface area contributed by atoms with E-state index in [-0.39, 0.29) is 16.7 Å². The average molecular weight is 305 g/mol. The number of piperidine rings is 1. The quantitative estimate of drug-likeness (QED) is 0.847. The maximum atomic E-state index is 12.8. The van der Waals surface area contributed by atoms with E-state index in [0.29, 0.717) is 38.9 Å². The molecule has 6 nitrogen and oxygen atoms in total. The van der Waals surface area contributed by atoms with Crippen LogP contribution in [0.25, 0.3) is 0 Å². The highest BCUT2D eigenvalue weighted by Gasteiger charge is 2.57. The van der Waals surface area contributed by atoms with Gasteiger partial charge in [-0.1, -0.05) is 0 Å². The molecule has 6 heteroatoms. The van der Waals surface area contributed by atoms with Gasteiger partial charge in [0.25, 0.3) is 0 Å². The Hall–Kier alpha value is -1.40. The van der Waals surface area contributed by atoms with Crippen molar-refractivity contribution in [2.75, 3.05) is 13.1 Å². The van der Waals surface area contributed by atoms with Crippen molar-refractivity contribution in [3.63, 3.8) is 0 Å². The van der Waals surface area contributed by atoms with Crippen molar-refractivity contribution >= 4 is 5.91 Å². The fraction of sp³-hybridized carbons (Fsp3) is 0.750. The third-order valence-corrected chi connectivity index (χ3v) is 6.09. The molecule has 22 heavy (non-hydrogen) atoms. The highest BCUT2D eigenvalue weighted by Crippen LogP contribution is 2.52. The summed E-state index contributed by atoms with van der Waals surface area (Å²) in [5.41, 5.74) is -0.622. The molecule has 2 saturated carbocycles. The van der Waals surface area contributed by atoms with Crippen LogP contribution in [0.1, 0.15) is 32.1 Å². The second-order valence-electron chi connectivity index (χ2n) is 7.28.